The summed E-state index contributed by atoms with van der Waals surface area (Å²) in [5.74, 6) is 1.65. The van der Waals surface area contributed by atoms with E-state index in [0.717, 1.165) is 57.8 Å². The minimum atomic E-state index is -0.291. The second-order valence-electron chi connectivity index (χ2n) is 10.4. The van der Waals surface area contributed by atoms with Gasteiger partial charge in [-0.25, -0.2) is 4.79 Å². The van der Waals surface area contributed by atoms with Crippen LogP contribution in [0.15, 0.2) is 66.7 Å². The van der Waals surface area contributed by atoms with Gasteiger partial charge in [0.05, 0.1) is 19.3 Å². The molecular weight excluding hydrogens is 534 g/mol. The fraction of sp³-hybridized carbons (Fsp3) is 0.344. The van der Waals surface area contributed by atoms with Gasteiger partial charge in [-0.15, -0.1) is 0 Å². The summed E-state index contributed by atoms with van der Waals surface area (Å²) in [4.78, 5) is 28.6. The van der Waals surface area contributed by atoms with Crippen molar-refractivity contribution in [3.63, 3.8) is 0 Å². The Balaban J connectivity index is 1.19. The van der Waals surface area contributed by atoms with Crippen LogP contribution in [0.25, 0.3) is 10.8 Å². The molecule has 10 heteroatoms. The molecule has 0 unspecified atom stereocenters. The number of aromatic nitrogens is 2. The van der Waals surface area contributed by atoms with Crippen molar-refractivity contribution in [2.75, 3.05) is 63.5 Å². The van der Waals surface area contributed by atoms with Crippen LogP contribution in [0.1, 0.15) is 16.8 Å². The quantitative estimate of drug-likeness (QED) is 0.282. The molecule has 0 aliphatic carbocycles. The first-order chi connectivity index (χ1) is 20.6. The molecule has 0 atom stereocenters. The lowest BCUT2D eigenvalue weighted by Gasteiger charge is -2.38. The Morgan fingerprint density at radius 3 is 2.45 bits per heavy atom. The number of amides is 1. The molecule has 1 saturated heterocycles. The van der Waals surface area contributed by atoms with Gasteiger partial charge in [-0.2, -0.15) is 9.97 Å². The van der Waals surface area contributed by atoms with Crippen molar-refractivity contribution in [2.24, 2.45) is 0 Å². The number of anilines is 2. The summed E-state index contributed by atoms with van der Waals surface area (Å²) in [7, 11) is 3.21. The average molecular weight is 570 g/mol. The third-order valence-corrected chi connectivity index (χ3v) is 7.75. The fourth-order valence-corrected chi connectivity index (χ4v) is 5.59. The maximum atomic E-state index is 12.7. The van der Waals surface area contributed by atoms with Crippen LogP contribution in [0.2, 0.25) is 0 Å². The van der Waals surface area contributed by atoms with Gasteiger partial charge in [0.15, 0.2) is 6.79 Å². The van der Waals surface area contributed by atoms with Crippen LogP contribution in [0.4, 0.5) is 16.3 Å². The van der Waals surface area contributed by atoms with E-state index in [1.54, 1.807) is 19.1 Å². The molecule has 1 amide bonds. The zero-order valence-corrected chi connectivity index (χ0v) is 24.0. The fourth-order valence-electron chi connectivity index (χ4n) is 5.59. The van der Waals surface area contributed by atoms with Gasteiger partial charge in [-0.1, -0.05) is 54.6 Å². The molecule has 42 heavy (non-hydrogen) atoms. The smallest absolute Gasteiger partial charge is 0.410 e. The van der Waals surface area contributed by atoms with Gasteiger partial charge in [0.2, 0.25) is 0 Å². The number of piperazine rings is 1. The van der Waals surface area contributed by atoms with Crippen LogP contribution in [0.5, 0.6) is 11.8 Å². The summed E-state index contributed by atoms with van der Waals surface area (Å²) in [5, 5.41) is 2.26. The van der Waals surface area contributed by atoms with Crippen LogP contribution in [0, 0.1) is 0 Å². The Morgan fingerprint density at radius 1 is 0.881 bits per heavy atom. The van der Waals surface area contributed by atoms with E-state index in [1.807, 2.05) is 42.5 Å². The van der Waals surface area contributed by atoms with Gasteiger partial charge in [0, 0.05) is 62.5 Å². The van der Waals surface area contributed by atoms with Crippen molar-refractivity contribution < 1.29 is 23.7 Å². The van der Waals surface area contributed by atoms with Crippen LogP contribution in [-0.4, -0.2) is 74.7 Å². The molecule has 4 aromatic rings. The van der Waals surface area contributed by atoms with Gasteiger partial charge in [0.25, 0.3) is 0 Å². The van der Waals surface area contributed by atoms with E-state index in [2.05, 4.69) is 34.1 Å². The predicted octanol–water partition coefficient (Wildman–Crippen LogP) is 4.64. The predicted molar refractivity (Wildman–Crippen MR) is 160 cm³/mol. The number of carbonyl (C=O) groups is 1. The van der Waals surface area contributed by atoms with Gasteiger partial charge >= 0.3 is 12.1 Å². The molecule has 3 heterocycles. The SMILES string of the molecule is COCOc1cc(N2CCc3c(nc(OC)nc3N3CCN(C(=O)OCc4ccccc4)CC3)C2)c2ccccc2c1. The summed E-state index contributed by atoms with van der Waals surface area (Å²) in [6.07, 6.45) is 0.492. The number of rotatable bonds is 8. The molecule has 3 aromatic carbocycles. The highest BCUT2D eigenvalue weighted by Crippen LogP contribution is 2.36. The standard InChI is InChI=1S/C32H35N5O5/c1-39-22-42-25-18-24-10-6-7-11-26(24)29(19-25)37-13-12-27-28(20-37)33-31(40-2)34-30(27)35-14-16-36(17-15-35)32(38)41-21-23-8-4-3-5-9-23/h3-11,18-19H,12-17,20-22H2,1-2H3. The molecule has 1 fully saturated rings. The molecule has 1 aromatic heterocycles. The second kappa shape index (κ2) is 12.5. The van der Waals surface area contributed by atoms with E-state index in [4.69, 9.17) is 28.9 Å². The summed E-state index contributed by atoms with van der Waals surface area (Å²) >= 11 is 0. The van der Waals surface area contributed by atoms with Crippen LogP contribution >= 0.6 is 0 Å². The molecule has 6 rings (SSSR count). The van der Waals surface area contributed by atoms with Crippen LogP contribution in [-0.2, 0) is 29.0 Å². The largest absolute Gasteiger partial charge is 0.467 e. The third kappa shape index (κ3) is 5.89. The molecule has 218 valence electrons. The maximum absolute atomic E-state index is 12.7. The number of nitrogens with zero attached hydrogens (tertiary/aromatic N) is 5. The summed E-state index contributed by atoms with van der Waals surface area (Å²) in [5.41, 5.74) is 4.13. The third-order valence-electron chi connectivity index (χ3n) is 7.75. The summed E-state index contributed by atoms with van der Waals surface area (Å²) in [6, 6.07) is 22.5. The first-order valence-corrected chi connectivity index (χ1v) is 14.2. The highest BCUT2D eigenvalue weighted by Gasteiger charge is 2.29. The Labute approximate surface area is 245 Å². The summed E-state index contributed by atoms with van der Waals surface area (Å²) in [6.45, 7) is 4.29. The average Bonchev–Trinajstić information content (AvgIpc) is 3.05. The Bertz CT molecular complexity index is 1540. The molecule has 10 nitrogen and oxygen atoms in total. The van der Waals surface area contributed by atoms with E-state index in [-0.39, 0.29) is 19.5 Å². The van der Waals surface area contributed by atoms with Gasteiger partial charge in [0.1, 0.15) is 18.2 Å². The summed E-state index contributed by atoms with van der Waals surface area (Å²) < 4.78 is 22.0. The Hall–Kier alpha value is -4.57. The molecule has 0 bridgehead atoms. The van der Waals surface area contributed by atoms with Crippen LogP contribution in [0.3, 0.4) is 0 Å². The monoisotopic (exact) mass is 569 g/mol. The van der Waals surface area contributed by atoms with Crippen molar-refractivity contribution in [1.29, 1.82) is 0 Å². The van der Waals surface area contributed by atoms with Gasteiger partial charge < -0.3 is 33.6 Å². The zero-order chi connectivity index (χ0) is 28.9. The van der Waals surface area contributed by atoms with E-state index >= 15 is 0 Å². The van der Waals surface area contributed by atoms with E-state index in [0.29, 0.717) is 38.7 Å². The molecule has 0 radical (unpaired) electrons. The zero-order valence-electron chi connectivity index (χ0n) is 24.0. The molecule has 2 aliphatic heterocycles. The number of methoxy groups -OCH3 is 2. The van der Waals surface area contributed by atoms with E-state index < -0.39 is 0 Å². The molecule has 0 spiro atoms. The molecule has 2 aliphatic rings. The minimum Gasteiger partial charge on any atom is -0.467 e. The van der Waals surface area contributed by atoms with Crippen molar-refractivity contribution in [1.82, 2.24) is 14.9 Å². The van der Waals surface area contributed by atoms with Crippen molar-refractivity contribution in [3.8, 4) is 11.8 Å². The maximum Gasteiger partial charge on any atom is 0.410 e. The first kappa shape index (κ1) is 27.6. The Kier molecular flexibility index (Phi) is 8.23. The molecular formula is C32H35N5O5. The Morgan fingerprint density at radius 2 is 1.67 bits per heavy atom. The number of hydrogen-bond donors (Lipinski definition) is 0. The first-order valence-electron chi connectivity index (χ1n) is 14.2. The van der Waals surface area contributed by atoms with Crippen LogP contribution < -0.4 is 19.3 Å². The number of fused-ring (bicyclic) bond motifs is 2. The van der Waals surface area contributed by atoms with E-state index in [1.165, 1.54) is 0 Å². The highest BCUT2D eigenvalue weighted by molar-refractivity contribution is 5.95. The lowest BCUT2D eigenvalue weighted by Crippen LogP contribution is -2.49. The highest BCUT2D eigenvalue weighted by atomic mass is 16.7. The normalized spacial score (nSPS) is 15.0. The van der Waals surface area contributed by atoms with Crippen molar-refractivity contribution in [3.05, 3.63) is 83.6 Å². The second-order valence-corrected chi connectivity index (χ2v) is 10.4. The lowest BCUT2D eigenvalue weighted by atomic mass is 10.0. The minimum absolute atomic E-state index is 0.187. The van der Waals surface area contributed by atoms with Gasteiger partial charge in [-0.05, 0) is 23.4 Å². The number of benzene rings is 3. The molecule has 0 saturated carbocycles. The number of carbonyl (C=O) groups excluding carboxylic acids is 1. The molecule has 0 N–H and O–H groups in total. The number of ether oxygens (including phenoxy) is 4. The van der Waals surface area contributed by atoms with Crippen molar-refractivity contribution >= 4 is 28.4 Å². The topological polar surface area (TPSA) is 89.5 Å². The number of hydrogen-bond acceptors (Lipinski definition) is 9. The van der Waals surface area contributed by atoms with Gasteiger partial charge in [-0.3, -0.25) is 0 Å². The van der Waals surface area contributed by atoms with E-state index in [9.17, 15) is 4.79 Å². The lowest BCUT2D eigenvalue weighted by molar-refractivity contribution is 0.0512. The van der Waals surface area contributed by atoms with Crippen molar-refractivity contribution in [2.45, 2.75) is 19.6 Å².